The smallest absolute Gasteiger partial charge is 0.272 e. The second-order valence-electron chi connectivity index (χ2n) is 7.50. The molecule has 132 valence electrons. The highest BCUT2D eigenvalue weighted by molar-refractivity contribution is 6.10. The van der Waals surface area contributed by atoms with E-state index in [1.165, 1.54) is 0 Å². The topological polar surface area (TPSA) is 76.5 Å². The predicted octanol–water partition coefficient (Wildman–Crippen LogP) is 2.94. The normalized spacial score (nSPS) is 31.3. The molecule has 2 aromatic heterocycles. The van der Waals surface area contributed by atoms with Crippen LogP contribution in [-0.2, 0) is 9.63 Å². The Labute approximate surface area is 151 Å². The molecule has 3 aliphatic rings. The standard InChI is InChI=1S/C20H20N4O2/c1-12-6-8-22-11-16(12)23-19(25)20-15-5-4-13(9-15)17(20)18(24-26-20)14-3-2-7-21-10-14/h2-3,6-8,10-11,13,15,17H,4-5,9H2,1H3,(H,23,25). The highest BCUT2D eigenvalue weighted by Gasteiger charge is 2.69. The number of oxime groups is 1. The summed E-state index contributed by atoms with van der Waals surface area (Å²) in [7, 11) is 0. The summed E-state index contributed by atoms with van der Waals surface area (Å²) in [5.41, 5.74) is 2.61. The Balaban J connectivity index is 1.51. The van der Waals surface area contributed by atoms with Crippen molar-refractivity contribution in [3.63, 3.8) is 0 Å². The number of rotatable bonds is 3. The third kappa shape index (κ3) is 2.04. The van der Waals surface area contributed by atoms with Gasteiger partial charge in [0.25, 0.3) is 5.91 Å². The van der Waals surface area contributed by atoms with Crippen LogP contribution in [0, 0.1) is 24.7 Å². The van der Waals surface area contributed by atoms with Crippen molar-refractivity contribution in [2.45, 2.75) is 31.8 Å². The average Bonchev–Trinajstić information content (AvgIpc) is 3.36. The number of hydrogen-bond acceptors (Lipinski definition) is 5. The first-order valence-corrected chi connectivity index (χ1v) is 9.08. The van der Waals surface area contributed by atoms with Crippen molar-refractivity contribution in [1.29, 1.82) is 0 Å². The van der Waals surface area contributed by atoms with Crippen molar-refractivity contribution in [3.8, 4) is 0 Å². The van der Waals surface area contributed by atoms with Crippen LogP contribution in [0.4, 0.5) is 5.69 Å². The summed E-state index contributed by atoms with van der Waals surface area (Å²) >= 11 is 0. The lowest BCUT2D eigenvalue weighted by molar-refractivity contribution is -0.149. The van der Waals surface area contributed by atoms with E-state index in [2.05, 4.69) is 20.4 Å². The summed E-state index contributed by atoms with van der Waals surface area (Å²) < 4.78 is 0. The molecule has 26 heavy (non-hydrogen) atoms. The van der Waals surface area contributed by atoms with Gasteiger partial charge in [-0.3, -0.25) is 14.8 Å². The minimum absolute atomic E-state index is 0.0116. The molecule has 2 fully saturated rings. The maximum atomic E-state index is 13.4. The largest absolute Gasteiger partial charge is 0.378 e. The molecule has 4 atom stereocenters. The van der Waals surface area contributed by atoms with Gasteiger partial charge in [-0.15, -0.1) is 0 Å². The number of nitrogens with zero attached hydrogens (tertiary/aromatic N) is 3. The molecule has 6 nitrogen and oxygen atoms in total. The molecular weight excluding hydrogens is 328 g/mol. The van der Waals surface area contributed by atoms with Crippen LogP contribution in [0.5, 0.6) is 0 Å². The van der Waals surface area contributed by atoms with E-state index in [1.807, 2.05) is 25.1 Å². The molecule has 2 aromatic rings. The fraction of sp³-hybridized carbons (Fsp3) is 0.400. The second-order valence-corrected chi connectivity index (χ2v) is 7.50. The van der Waals surface area contributed by atoms with E-state index in [0.717, 1.165) is 41.8 Å². The molecule has 4 unspecified atom stereocenters. The molecule has 1 amide bonds. The molecule has 2 bridgehead atoms. The first kappa shape index (κ1) is 15.5. The summed E-state index contributed by atoms with van der Waals surface area (Å²) in [6.45, 7) is 1.96. The fourth-order valence-electron chi connectivity index (χ4n) is 4.98. The van der Waals surface area contributed by atoms with Gasteiger partial charge in [0.15, 0.2) is 0 Å². The Kier molecular flexibility index (Phi) is 3.35. The van der Waals surface area contributed by atoms with Crippen molar-refractivity contribution in [2.75, 3.05) is 5.32 Å². The Bertz CT molecular complexity index is 898. The third-order valence-electron chi connectivity index (χ3n) is 6.20. The van der Waals surface area contributed by atoms with E-state index in [9.17, 15) is 4.79 Å². The van der Waals surface area contributed by atoms with Gasteiger partial charge in [-0.1, -0.05) is 5.16 Å². The molecule has 2 aliphatic carbocycles. The number of fused-ring (bicyclic) bond motifs is 5. The van der Waals surface area contributed by atoms with E-state index >= 15 is 0 Å². The van der Waals surface area contributed by atoms with E-state index in [4.69, 9.17) is 4.84 Å². The number of pyridine rings is 2. The van der Waals surface area contributed by atoms with Crippen molar-refractivity contribution >= 4 is 17.3 Å². The lowest BCUT2D eigenvalue weighted by atomic mass is 9.71. The van der Waals surface area contributed by atoms with Gasteiger partial charge in [0, 0.05) is 30.1 Å². The number of carbonyl (C=O) groups is 1. The number of nitrogens with one attached hydrogen (secondary N) is 1. The van der Waals surface area contributed by atoms with Crippen molar-refractivity contribution in [1.82, 2.24) is 9.97 Å². The zero-order valence-corrected chi connectivity index (χ0v) is 14.6. The van der Waals surface area contributed by atoms with Crippen molar-refractivity contribution < 1.29 is 9.63 Å². The highest BCUT2D eigenvalue weighted by atomic mass is 16.7. The number of anilines is 1. The molecule has 2 saturated carbocycles. The van der Waals surface area contributed by atoms with E-state index < -0.39 is 5.60 Å². The summed E-state index contributed by atoms with van der Waals surface area (Å²) in [5, 5.41) is 7.44. The Hall–Kier alpha value is -2.76. The van der Waals surface area contributed by atoms with Crippen LogP contribution >= 0.6 is 0 Å². The fourth-order valence-corrected chi connectivity index (χ4v) is 4.98. The van der Waals surface area contributed by atoms with Gasteiger partial charge in [-0.05, 0) is 55.9 Å². The lowest BCUT2D eigenvalue weighted by Gasteiger charge is -2.35. The number of carbonyl (C=O) groups excluding carboxylic acids is 1. The number of hydrogen-bond donors (Lipinski definition) is 1. The van der Waals surface area contributed by atoms with Gasteiger partial charge >= 0.3 is 0 Å². The SMILES string of the molecule is Cc1ccncc1NC(=O)C12ON=C(c3cccnc3)C1C1CCC2C1. The zero-order chi connectivity index (χ0) is 17.7. The summed E-state index contributed by atoms with van der Waals surface area (Å²) in [6.07, 6.45) is 10.1. The molecule has 0 aromatic carbocycles. The van der Waals surface area contributed by atoms with E-state index in [0.29, 0.717) is 5.92 Å². The molecule has 0 saturated heterocycles. The predicted molar refractivity (Wildman–Crippen MR) is 96.5 cm³/mol. The van der Waals surface area contributed by atoms with Crippen LogP contribution in [0.25, 0.3) is 0 Å². The molecule has 3 heterocycles. The third-order valence-corrected chi connectivity index (χ3v) is 6.20. The van der Waals surface area contributed by atoms with Gasteiger partial charge in [0.1, 0.15) is 0 Å². The highest BCUT2D eigenvalue weighted by Crippen LogP contribution is 2.60. The van der Waals surface area contributed by atoms with Crippen LogP contribution in [-0.4, -0.2) is 27.2 Å². The van der Waals surface area contributed by atoms with Gasteiger partial charge in [0.2, 0.25) is 5.60 Å². The van der Waals surface area contributed by atoms with Crippen LogP contribution in [0.15, 0.2) is 48.1 Å². The Morgan fingerprint density at radius 2 is 2.12 bits per heavy atom. The molecule has 0 radical (unpaired) electrons. The van der Waals surface area contributed by atoms with Crippen LogP contribution < -0.4 is 5.32 Å². The average molecular weight is 348 g/mol. The van der Waals surface area contributed by atoms with Gasteiger partial charge in [0.05, 0.1) is 23.5 Å². The quantitative estimate of drug-likeness (QED) is 0.925. The molecule has 1 aliphatic heterocycles. The van der Waals surface area contributed by atoms with E-state index in [-0.39, 0.29) is 17.7 Å². The number of aryl methyl sites for hydroxylation is 1. The van der Waals surface area contributed by atoms with Gasteiger partial charge < -0.3 is 10.2 Å². The van der Waals surface area contributed by atoms with Crippen LogP contribution in [0.2, 0.25) is 0 Å². The first-order valence-electron chi connectivity index (χ1n) is 9.08. The van der Waals surface area contributed by atoms with Crippen molar-refractivity contribution in [2.24, 2.45) is 22.9 Å². The Morgan fingerprint density at radius 3 is 2.92 bits per heavy atom. The molecule has 0 spiro atoms. The first-order chi connectivity index (χ1) is 12.7. The summed E-state index contributed by atoms with van der Waals surface area (Å²) in [4.78, 5) is 27.7. The Morgan fingerprint density at radius 1 is 1.23 bits per heavy atom. The second kappa shape index (κ2) is 5.62. The maximum Gasteiger partial charge on any atom is 0.272 e. The minimum Gasteiger partial charge on any atom is -0.378 e. The zero-order valence-electron chi connectivity index (χ0n) is 14.6. The summed E-state index contributed by atoms with van der Waals surface area (Å²) in [5.74, 6) is 0.519. The minimum atomic E-state index is -0.906. The molecule has 6 heteroatoms. The van der Waals surface area contributed by atoms with Crippen molar-refractivity contribution in [3.05, 3.63) is 54.1 Å². The maximum absolute atomic E-state index is 13.4. The van der Waals surface area contributed by atoms with Crippen LogP contribution in [0.1, 0.15) is 30.4 Å². The molecular formula is C20H20N4O2. The summed E-state index contributed by atoms with van der Waals surface area (Å²) in [6, 6.07) is 5.77. The van der Waals surface area contributed by atoms with E-state index in [1.54, 1.807) is 24.8 Å². The number of aromatic nitrogens is 2. The lowest BCUT2D eigenvalue weighted by Crippen LogP contribution is -2.53. The molecule has 5 rings (SSSR count). The van der Waals surface area contributed by atoms with Gasteiger partial charge in [-0.25, -0.2) is 0 Å². The monoisotopic (exact) mass is 348 g/mol. The van der Waals surface area contributed by atoms with Crippen LogP contribution in [0.3, 0.4) is 0 Å². The molecule has 1 N–H and O–H groups in total. The number of amides is 1. The van der Waals surface area contributed by atoms with Gasteiger partial charge in [-0.2, -0.15) is 0 Å².